The van der Waals surface area contributed by atoms with Crippen molar-refractivity contribution >= 4 is 17.2 Å². The number of hydrogen-bond donors (Lipinski definition) is 1. The van der Waals surface area contributed by atoms with Crippen LogP contribution in [0.2, 0.25) is 0 Å². The molecule has 1 N–H and O–H groups in total. The molecule has 0 spiro atoms. The molecule has 3 nitrogen and oxygen atoms in total. The van der Waals surface area contributed by atoms with Gasteiger partial charge >= 0.3 is 0 Å². The van der Waals surface area contributed by atoms with Gasteiger partial charge in [-0.2, -0.15) is 0 Å². The number of likely N-dealkylation sites (tertiary alicyclic amines) is 1. The van der Waals surface area contributed by atoms with Crippen molar-refractivity contribution in [1.29, 1.82) is 0 Å². The molecule has 2 heterocycles. The van der Waals surface area contributed by atoms with Crippen LogP contribution in [-0.4, -0.2) is 37.5 Å². The molecule has 110 valence electrons. The lowest BCUT2D eigenvalue weighted by molar-refractivity contribution is 0.0792. The Bertz CT molecular complexity index is 608. The molecule has 1 aromatic carbocycles. The van der Waals surface area contributed by atoms with Gasteiger partial charge in [0.25, 0.3) is 5.91 Å². The monoisotopic (exact) mass is 300 g/mol. The predicted molar refractivity (Wildman–Crippen MR) is 87.7 cm³/mol. The fourth-order valence-electron chi connectivity index (χ4n) is 2.94. The van der Waals surface area contributed by atoms with Crippen molar-refractivity contribution in [3.63, 3.8) is 0 Å². The van der Waals surface area contributed by atoms with E-state index in [1.165, 1.54) is 0 Å². The molecule has 0 aliphatic carbocycles. The average molecular weight is 300 g/mol. The highest BCUT2D eigenvalue weighted by molar-refractivity contribution is 7.12. The van der Waals surface area contributed by atoms with E-state index < -0.39 is 0 Å². The van der Waals surface area contributed by atoms with Gasteiger partial charge in [-0.15, -0.1) is 11.3 Å². The second-order valence-corrected chi connectivity index (χ2v) is 6.41. The minimum atomic E-state index is 0.183. The van der Waals surface area contributed by atoms with Crippen LogP contribution in [0.25, 0.3) is 11.1 Å². The van der Waals surface area contributed by atoms with E-state index in [2.05, 4.69) is 17.4 Å². The highest BCUT2D eigenvalue weighted by Crippen LogP contribution is 2.30. The molecule has 1 aliphatic rings. The number of thiophene rings is 1. The molecule has 0 radical (unpaired) electrons. The highest BCUT2D eigenvalue weighted by Gasteiger charge is 2.28. The summed E-state index contributed by atoms with van der Waals surface area (Å²) in [4.78, 5) is 15.6. The molecule has 1 atom stereocenters. The minimum absolute atomic E-state index is 0.183. The summed E-state index contributed by atoms with van der Waals surface area (Å²) in [6.45, 7) is 2.73. The Morgan fingerprint density at radius 1 is 1.33 bits per heavy atom. The number of amides is 1. The number of rotatable bonds is 4. The maximum Gasteiger partial charge on any atom is 0.264 e. The smallest absolute Gasteiger partial charge is 0.264 e. The van der Waals surface area contributed by atoms with E-state index >= 15 is 0 Å². The zero-order chi connectivity index (χ0) is 14.7. The van der Waals surface area contributed by atoms with Crippen LogP contribution in [0.5, 0.6) is 0 Å². The Morgan fingerprint density at radius 3 is 2.90 bits per heavy atom. The van der Waals surface area contributed by atoms with Crippen LogP contribution in [-0.2, 0) is 0 Å². The maximum absolute atomic E-state index is 12.8. The van der Waals surface area contributed by atoms with E-state index in [9.17, 15) is 4.79 Å². The van der Waals surface area contributed by atoms with Gasteiger partial charge in [0, 0.05) is 18.7 Å². The lowest BCUT2D eigenvalue weighted by Crippen LogP contribution is -2.30. The van der Waals surface area contributed by atoms with Crippen LogP contribution in [0.4, 0.5) is 0 Å². The number of carbonyl (C=O) groups is 1. The third-order valence-corrected chi connectivity index (χ3v) is 4.91. The number of hydrogen-bond acceptors (Lipinski definition) is 3. The quantitative estimate of drug-likeness (QED) is 0.941. The summed E-state index contributed by atoms with van der Waals surface area (Å²) in [5, 5.41) is 5.22. The van der Waals surface area contributed by atoms with Gasteiger partial charge < -0.3 is 10.2 Å². The molecule has 21 heavy (non-hydrogen) atoms. The highest BCUT2D eigenvalue weighted by atomic mass is 32.1. The first-order chi connectivity index (χ1) is 10.3. The SMILES string of the molecule is CNCC1CCN(C(=O)c2sccc2-c2ccccc2)C1. The molecule has 1 aliphatic heterocycles. The molecule has 1 unspecified atom stereocenters. The molecule has 0 bridgehead atoms. The van der Waals surface area contributed by atoms with Crippen LogP contribution in [0.15, 0.2) is 41.8 Å². The first-order valence-corrected chi connectivity index (χ1v) is 8.24. The van der Waals surface area contributed by atoms with E-state index in [0.717, 1.165) is 42.1 Å². The van der Waals surface area contributed by atoms with E-state index in [1.54, 1.807) is 11.3 Å². The van der Waals surface area contributed by atoms with Crippen molar-refractivity contribution in [3.8, 4) is 11.1 Å². The van der Waals surface area contributed by atoms with Gasteiger partial charge in [0.15, 0.2) is 0 Å². The molecular formula is C17H20N2OS. The number of nitrogens with zero attached hydrogens (tertiary/aromatic N) is 1. The number of carbonyl (C=O) groups excluding carboxylic acids is 1. The largest absolute Gasteiger partial charge is 0.338 e. The zero-order valence-corrected chi connectivity index (χ0v) is 13.0. The second-order valence-electron chi connectivity index (χ2n) is 5.49. The number of benzene rings is 1. The predicted octanol–water partition coefficient (Wildman–Crippen LogP) is 3.10. The van der Waals surface area contributed by atoms with Crippen molar-refractivity contribution in [1.82, 2.24) is 10.2 Å². The van der Waals surface area contributed by atoms with E-state index in [4.69, 9.17) is 0 Å². The maximum atomic E-state index is 12.8. The van der Waals surface area contributed by atoms with Crippen molar-refractivity contribution in [2.75, 3.05) is 26.7 Å². The van der Waals surface area contributed by atoms with Gasteiger partial charge in [0.05, 0.1) is 4.88 Å². The Kier molecular flexibility index (Phi) is 4.36. The van der Waals surface area contributed by atoms with Gasteiger partial charge in [-0.25, -0.2) is 0 Å². The fraction of sp³-hybridized carbons (Fsp3) is 0.353. The van der Waals surface area contributed by atoms with Crippen molar-refractivity contribution in [3.05, 3.63) is 46.7 Å². The zero-order valence-electron chi connectivity index (χ0n) is 12.2. The normalized spacial score (nSPS) is 18.1. The standard InChI is InChI=1S/C17H20N2OS/c1-18-11-13-7-9-19(12-13)17(20)16-15(8-10-21-16)14-5-3-2-4-6-14/h2-6,8,10,13,18H,7,9,11-12H2,1H3. The summed E-state index contributed by atoms with van der Waals surface area (Å²) >= 11 is 1.55. The number of nitrogens with one attached hydrogen (secondary N) is 1. The molecule has 1 fully saturated rings. The van der Waals surface area contributed by atoms with Gasteiger partial charge in [0.1, 0.15) is 0 Å². The summed E-state index contributed by atoms with van der Waals surface area (Å²) in [6, 6.07) is 12.2. The van der Waals surface area contributed by atoms with E-state index in [1.807, 2.05) is 41.6 Å². The molecule has 4 heteroatoms. The first kappa shape index (κ1) is 14.3. The van der Waals surface area contributed by atoms with Crippen LogP contribution in [0, 0.1) is 5.92 Å². The molecular weight excluding hydrogens is 280 g/mol. The minimum Gasteiger partial charge on any atom is -0.338 e. The fourth-order valence-corrected chi connectivity index (χ4v) is 3.82. The van der Waals surface area contributed by atoms with E-state index in [-0.39, 0.29) is 5.91 Å². The molecule has 1 saturated heterocycles. The van der Waals surface area contributed by atoms with Crippen molar-refractivity contribution < 1.29 is 4.79 Å². The van der Waals surface area contributed by atoms with Gasteiger partial charge in [0.2, 0.25) is 0 Å². The summed E-state index contributed by atoms with van der Waals surface area (Å²) in [5.74, 6) is 0.765. The Hall–Kier alpha value is -1.65. The van der Waals surface area contributed by atoms with Crippen LogP contribution in [0.3, 0.4) is 0 Å². The van der Waals surface area contributed by atoms with Crippen molar-refractivity contribution in [2.45, 2.75) is 6.42 Å². The topological polar surface area (TPSA) is 32.3 Å². The van der Waals surface area contributed by atoms with Crippen LogP contribution >= 0.6 is 11.3 Å². The third kappa shape index (κ3) is 3.01. The molecule has 0 saturated carbocycles. The second kappa shape index (κ2) is 6.41. The lowest BCUT2D eigenvalue weighted by Gasteiger charge is -2.16. The molecule has 3 rings (SSSR count). The third-order valence-electron chi connectivity index (χ3n) is 4.01. The van der Waals surface area contributed by atoms with Gasteiger partial charge in [-0.05, 0) is 42.9 Å². The Morgan fingerprint density at radius 2 is 2.14 bits per heavy atom. The average Bonchev–Trinajstić information content (AvgIpc) is 3.17. The Balaban J connectivity index is 1.79. The Labute approximate surface area is 129 Å². The summed E-state index contributed by atoms with van der Waals surface area (Å²) in [6.07, 6.45) is 1.10. The van der Waals surface area contributed by atoms with E-state index in [0.29, 0.717) is 5.92 Å². The van der Waals surface area contributed by atoms with Crippen LogP contribution in [0.1, 0.15) is 16.1 Å². The molecule has 2 aromatic rings. The summed E-state index contributed by atoms with van der Waals surface area (Å²) < 4.78 is 0. The summed E-state index contributed by atoms with van der Waals surface area (Å²) in [5.41, 5.74) is 2.18. The summed E-state index contributed by atoms with van der Waals surface area (Å²) in [7, 11) is 1.97. The lowest BCUT2D eigenvalue weighted by atomic mass is 10.1. The van der Waals surface area contributed by atoms with Crippen molar-refractivity contribution in [2.24, 2.45) is 5.92 Å². The van der Waals surface area contributed by atoms with Gasteiger partial charge in [-0.3, -0.25) is 4.79 Å². The van der Waals surface area contributed by atoms with Gasteiger partial charge in [-0.1, -0.05) is 30.3 Å². The van der Waals surface area contributed by atoms with Crippen LogP contribution < -0.4 is 5.32 Å². The first-order valence-electron chi connectivity index (χ1n) is 7.36. The molecule has 1 aromatic heterocycles. The molecule has 1 amide bonds.